The molecule has 1 fully saturated rings. The highest BCUT2D eigenvalue weighted by atomic mass is 16.5. The van der Waals surface area contributed by atoms with Gasteiger partial charge in [-0.2, -0.15) is 0 Å². The number of methoxy groups -OCH3 is 2. The van der Waals surface area contributed by atoms with Gasteiger partial charge in [-0.25, -0.2) is 0 Å². The number of rotatable bonds is 12. The Morgan fingerprint density at radius 3 is 2.42 bits per heavy atom. The van der Waals surface area contributed by atoms with Gasteiger partial charge in [0.25, 0.3) is 0 Å². The van der Waals surface area contributed by atoms with Crippen molar-refractivity contribution < 1.29 is 19.1 Å². The minimum atomic E-state index is -0.114. The molecule has 0 bridgehead atoms. The van der Waals surface area contributed by atoms with Crippen LogP contribution in [-0.2, 0) is 32.2 Å². The predicted octanol–water partition coefficient (Wildman–Crippen LogP) is 3.32. The van der Waals surface area contributed by atoms with Crippen LogP contribution >= 0.6 is 0 Å². The van der Waals surface area contributed by atoms with E-state index in [1.54, 1.807) is 16.9 Å². The fraction of sp³-hybridized carbons (Fsp3) is 0.538. The van der Waals surface area contributed by atoms with Gasteiger partial charge in [0.2, 0.25) is 11.8 Å². The maximum atomic E-state index is 13.4. The number of nitrogens with zero attached hydrogens (tertiary/aromatic N) is 3. The summed E-state index contributed by atoms with van der Waals surface area (Å²) in [5.41, 5.74) is 2.26. The topological polar surface area (TPSA) is 64.0 Å². The largest absolute Gasteiger partial charge is 0.383 e. The Hall–Kier alpha value is -2.64. The Morgan fingerprint density at radius 1 is 0.970 bits per heavy atom. The van der Waals surface area contributed by atoms with E-state index >= 15 is 0 Å². The third-order valence-corrected chi connectivity index (χ3v) is 6.30. The molecule has 1 aliphatic carbocycles. The van der Waals surface area contributed by atoms with Crippen molar-refractivity contribution in [1.29, 1.82) is 0 Å². The Kier molecular flexibility index (Phi) is 9.97. The number of carbonyl (C=O) groups is 2. The molecule has 3 rings (SSSR count). The minimum Gasteiger partial charge on any atom is -0.383 e. The molecule has 0 unspecified atom stereocenters. The van der Waals surface area contributed by atoms with Crippen molar-refractivity contribution in [2.45, 2.75) is 51.2 Å². The van der Waals surface area contributed by atoms with Crippen LogP contribution in [-0.4, -0.2) is 72.7 Å². The van der Waals surface area contributed by atoms with E-state index in [0.717, 1.165) is 37.9 Å². The summed E-state index contributed by atoms with van der Waals surface area (Å²) in [6.45, 7) is 2.22. The van der Waals surface area contributed by atoms with E-state index in [1.165, 1.54) is 19.1 Å². The first kappa shape index (κ1) is 25.0. The molecule has 1 saturated carbocycles. The third-order valence-electron chi connectivity index (χ3n) is 6.30. The lowest BCUT2D eigenvalue weighted by Gasteiger charge is -2.35. The van der Waals surface area contributed by atoms with E-state index in [0.29, 0.717) is 19.7 Å². The van der Waals surface area contributed by atoms with E-state index in [4.69, 9.17) is 9.47 Å². The molecule has 1 aliphatic rings. The number of hydrogen-bond donors (Lipinski definition) is 0. The quantitative estimate of drug-likeness (QED) is 0.493. The summed E-state index contributed by atoms with van der Waals surface area (Å²) in [6.07, 6.45) is 7.31. The smallest absolute Gasteiger partial charge is 0.249 e. The molecule has 2 amide bonds. The average molecular weight is 456 g/mol. The lowest BCUT2D eigenvalue weighted by Crippen LogP contribution is -2.49. The van der Waals surface area contributed by atoms with Crippen molar-refractivity contribution >= 4 is 11.8 Å². The molecular formula is C26H37N3O4. The van der Waals surface area contributed by atoms with Gasteiger partial charge in [0, 0.05) is 45.2 Å². The van der Waals surface area contributed by atoms with Gasteiger partial charge < -0.3 is 23.8 Å². The number of benzene rings is 1. The number of carbonyl (C=O) groups excluding carboxylic acids is 2. The molecule has 0 radical (unpaired) electrons. The van der Waals surface area contributed by atoms with Crippen molar-refractivity contribution in [2.24, 2.45) is 0 Å². The standard InChI is InChI=1S/C26H37N3O4/c1-32-17-16-28(19-24-14-9-15-27(24)18-22-10-5-3-6-11-22)25(30)20-29(26(31)21-33-2)23-12-7-4-8-13-23/h3,5-6,9-11,14-15,23H,4,7-8,12-13,16-21H2,1-2H3. The van der Waals surface area contributed by atoms with Gasteiger partial charge in [-0.15, -0.1) is 0 Å². The first-order chi connectivity index (χ1) is 16.1. The van der Waals surface area contributed by atoms with Gasteiger partial charge in [0.15, 0.2) is 0 Å². The summed E-state index contributed by atoms with van der Waals surface area (Å²) in [7, 11) is 3.15. The summed E-state index contributed by atoms with van der Waals surface area (Å²) in [6, 6.07) is 14.4. The van der Waals surface area contributed by atoms with Gasteiger partial charge in [0.05, 0.1) is 13.2 Å². The molecule has 1 heterocycles. The zero-order valence-corrected chi connectivity index (χ0v) is 19.9. The summed E-state index contributed by atoms with van der Waals surface area (Å²) in [4.78, 5) is 29.8. The van der Waals surface area contributed by atoms with Crippen LogP contribution in [0.5, 0.6) is 0 Å². The Balaban J connectivity index is 1.72. The highest BCUT2D eigenvalue weighted by molar-refractivity contribution is 5.85. The first-order valence-corrected chi connectivity index (χ1v) is 11.9. The zero-order chi connectivity index (χ0) is 23.5. The van der Waals surface area contributed by atoms with Gasteiger partial charge in [-0.3, -0.25) is 9.59 Å². The second-order valence-corrected chi connectivity index (χ2v) is 8.67. The van der Waals surface area contributed by atoms with Gasteiger partial charge >= 0.3 is 0 Å². The fourth-order valence-corrected chi connectivity index (χ4v) is 4.48. The van der Waals surface area contributed by atoms with Crippen molar-refractivity contribution in [3.63, 3.8) is 0 Å². The summed E-state index contributed by atoms with van der Waals surface area (Å²) < 4.78 is 12.5. The molecule has 7 nitrogen and oxygen atoms in total. The van der Waals surface area contributed by atoms with E-state index in [-0.39, 0.29) is 31.0 Å². The summed E-state index contributed by atoms with van der Waals surface area (Å²) in [5.74, 6) is -0.175. The second kappa shape index (κ2) is 13.2. The number of aromatic nitrogens is 1. The van der Waals surface area contributed by atoms with E-state index in [1.807, 2.05) is 36.5 Å². The molecular weight excluding hydrogens is 418 g/mol. The molecule has 2 aromatic rings. The van der Waals surface area contributed by atoms with E-state index in [9.17, 15) is 9.59 Å². The number of amides is 2. The van der Waals surface area contributed by atoms with Crippen molar-refractivity contribution in [3.8, 4) is 0 Å². The van der Waals surface area contributed by atoms with Crippen LogP contribution < -0.4 is 0 Å². The highest BCUT2D eigenvalue weighted by Gasteiger charge is 2.29. The number of ether oxygens (including phenoxy) is 2. The molecule has 0 atom stereocenters. The molecule has 0 spiro atoms. The van der Waals surface area contributed by atoms with Crippen LogP contribution in [0, 0.1) is 0 Å². The van der Waals surface area contributed by atoms with E-state index in [2.05, 4.69) is 16.7 Å². The van der Waals surface area contributed by atoms with Crippen molar-refractivity contribution in [2.75, 3.05) is 40.5 Å². The Morgan fingerprint density at radius 2 is 1.73 bits per heavy atom. The Labute approximate surface area is 197 Å². The zero-order valence-electron chi connectivity index (χ0n) is 19.9. The average Bonchev–Trinajstić information content (AvgIpc) is 3.27. The molecule has 1 aromatic heterocycles. The second-order valence-electron chi connectivity index (χ2n) is 8.67. The summed E-state index contributed by atoms with van der Waals surface area (Å²) in [5, 5.41) is 0. The van der Waals surface area contributed by atoms with Gasteiger partial charge in [-0.05, 0) is 30.5 Å². The summed E-state index contributed by atoms with van der Waals surface area (Å²) >= 11 is 0. The molecule has 180 valence electrons. The van der Waals surface area contributed by atoms with Crippen LogP contribution in [0.25, 0.3) is 0 Å². The lowest BCUT2D eigenvalue weighted by molar-refractivity contribution is -0.146. The monoisotopic (exact) mass is 455 g/mol. The van der Waals surface area contributed by atoms with Gasteiger partial charge in [0.1, 0.15) is 13.2 Å². The van der Waals surface area contributed by atoms with E-state index < -0.39 is 0 Å². The SMILES string of the molecule is COCCN(Cc1cccn1Cc1ccccc1)C(=O)CN(C(=O)COC)C1CCCCC1. The fourth-order valence-electron chi connectivity index (χ4n) is 4.48. The maximum Gasteiger partial charge on any atom is 0.249 e. The number of hydrogen-bond acceptors (Lipinski definition) is 4. The third kappa shape index (κ3) is 7.44. The lowest BCUT2D eigenvalue weighted by atomic mass is 9.94. The molecule has 7 heteroatoms. The molecule has 0 saturated heterocycles. The van der Waals surface area contributed by atoms with Crippen LogP contribution in [0.1, 0.15) is 43.4 Å². The normalized spacial score (nSPS) is 14.2. The van der Waals surface area contributed by atoms with Crippen LogP contribution in [0.2, 0.25) is 0 Å². The highest BCUT2D eigenvalue weighted by Crippen LogP contribution is 2.23. The molecule has 0 aliphatic heterocycles. The van der Waals surface area contributed by atoms with Crippen molar-refractivity contribution in [1.82, 2.24) is 14.4 Å². The molecule has 1 aromatic carbocycles. The first-order valence-electron chi connectivity index (χ1n) is 11.9. The maximum absolute atomic E-state index is 13.4. The van der Waals surface area contributed by atoms with Crippen LogP contribution in [0.4, 0.5) is 0 Å². The minimum absolute atomic E-state index is 0.00176. The Bertz CT molecular complexity index is 861. The molecule has 0 N–H and O–H groups in total. The predicted molar refractivity (Wildman–Crippen MR) is 128 cm³/mol. The molecule has 33 heavy (non-hydrogen) atoms. The van der Waals surface area contributed by atoms with Crippen molar-refractivity contribution in [3.05, 3.63) is 59.9 Å². The van der Waals surface area contributed by atoms with Crippen LogP contribution in [0.15, 0.2) is 48.7 Å². The van der Waals surface area contributed by atoms with Gasteiger partial charge in [-0.1, -0.05) is 49.6 Å². The van der Waals surface area contributed by atoms with Crippen LogP contribution in [0.3, 0.4) is 0 Å².